The van der Waals surface area contributed by atoms with E-state index in [0.717, 1.165) is 34.8 Å². The van der Waals surface area contributed by atoms with E-state index in [4.69, 9.17) is 19.6 Å². The number of ether oxygens (including phenoxy) is 3. The van der Waals surface area contributed by atoms with E-state index in [-0.39, 0.29) is 24.2 Å². The minimum absolute atomic E-state index is 0.0325. The fourth-order valence-electron chi connectivity index (χ4n) is 4.85. The van der Waals surface area contributed by atoms with Gasteiger partial charge in [0.05, 0.1) is 14.2 Å². The molecule has 0 aromatic heterocycles. The van der Waals surface area contributed by atoms with Crippen molar-refractivity contribution in [2.45, 2.75) is 53.4 Å². The number of anilines is 1. The highest BCUT2D eigenvalue weighted by Crippen LogP contribution is 2.50. The van der Waals surface area contributed by atoms with Crippen LogP contribution in [0.2, 0.25) is 0 Å². The van der Waals surface area contributed by atoms with Crippen molar-refractivity contribution in [2.75, 3.05) is 32.4 Å². The van der Waals surface area contributed by atoms with Crippen molar-refractivity contribution >= 4 is 17.8 Å². The molecule has 1 aliphatic heterocycles. The van der Waals surface area contributed by atoms with Crippen molar-refractivity contribution in [2.24, 2.45) is 4.99 Å². The first-order valence-corrected chi connectivity index (χ1v) is 14.2. The van der Waals surface area contributed by atoms with Gasteiger partial charge in [-0.25, -0.2) is 4.39 Å². The molecule has 3 aromatic rings. The first-order chi connectivity index (χ1) is 19.9. The molecule has 220 valence electrons. The number of rotatable bonds is 9. The summed E-state index contributed by atoms with van der Waals surface area (Å²) in [5.74, 6) is 0.684. The minimum Gasteiger partial charge on any atom is -0.497 e. The Kier molecular flexibility index (Phi) is 13.1. The number of methoxy groups -OCH3 is 2. The molecule has 0 fully saturated rings. The summed E-state index contributed by atoms with van der Waals surface area (Å²) in [5.41, 5.74) is 4.32. The van der Waals surface area contributed by atoms with Gasteiger partial charge in [0.15, 0.2) is 18.3 Å². The first-order valence-electron chi connectivity index (χ1n) is 14.2. The summed E-state index contributed by atoms with van der Waals surface area (Å²) in [4.78, 5) is 6.63. The van der Waals surface area contributed by atoms with Gasteiger partial charge in [-0.2, -0.15) is 0 Å². The SMILES string of the molecule is CC.CC.CCN1/C(=C\C=N/COC(=N)c2ccccc2)C(C)(Cc2ccc(OC)c(F)c2)c2cc(OC)ccc21. The van der Waals surface area contributed by atoms with Crippen LogP contribution in [0.25, 0.3) is 0 Å². The minimum atomic E-state index is -0.468. The van der Waals surface area contributed by atoms with Crippen molar-refractivity contribution in [1.82, 2.24) is 0 Å². The number of likely N-dealkylation sites (N-methyl/N-ethyl adjacent to an activating group) is 1. The van der Waals surface area contributed by atoms with Crippen LogP contribution in [0.4, 0.5) is 10.1 Å². The standard InChI is InChI=1S/C30H32FN3O3.2C2H6/c1-5-34-26-13-12-23(35-3)18-24(26)30(2,19-21-11-14-27(36-4)25(31)17-21)28(34)15-16-33-20-37-29(32)22-9-7-6-8-10-22;2*1-2/h6-18,32H,5,19-20H2,1-4H3;2*1-2H3/b28-15-,32-29?,33-16-;;. The van der Waals surface area contributed by atoms with Crippen molar-refractivity contribution < 1.29 is 18.6 Å². The van der Waals surface area contributed by atoms with E-state index in [1.165, 1.54) is 13.2 Å². The molecule has 0 saturated carbocycles. The molecule has 0 bridgehead atoms. The molecule has 6 nitrogen and oxygen atoms in total. The van der Waals surface area contributed by atoms with Gasteiger partial charge in [-0.1, -0.05) is 52.0 Å². The summed E-state index contributed by atoms with van der Waals surface area (Å²) in [5, 5.41) is 8.08. The predicted octanol–water partition coefficient (Wildman–Crippen LogP) is 8.19. The highest BCUT2D eigenvalue weighted by atomic mass is 19.1. The largest absolute Gasteiger partial charge is 0.497 e. The van der Waals surface area contributed by atoms with Crippen LogP contribution >= 0.6 is 0 Å². The normalized spacial score (nSPS) is 16.3. The number of hydrogen-bond donors (Lipinski definition) is 1. The Labute approximate surface area is 245 Å². The second-order valence-corrected chi connectivity index (χ2v) is 8.96. The lowest BCUT2D eigenvalue weighted by molar-refractivity contribution is 0.317. The van der Waals surface area contributed by atoms with Gasteiger partial charge in [-0.3, -0.25) is 10.4 Å². The number of aliphatic imine (C=N–C) groups is 1. The molecule has 0 radical (unpaired) electrons. The smallest absolute Gasteiger partial charge is 0.215 e. The Morgan fingerprint density at radius 3 is 2.29 bits per heavy atom. The van der Waals surface area contributed by atoms with Crippen molar-refractivity contribution in [3.8, 4) is 11.5 Å². The van der Waals surface area contributed by atoms with E-state index in [0.29, 0.717) is 12.0 Å². The van der Waals surface area contributed by atoms with E-state index in [2.05, 4.69) is 35.9 Å². The number of nitrogens with one attached hydrogen (secondary N) is 1. The van der Waals surface area contributed by atoms with Gasteiger partial charge in [0.1, 0.15) is 5.75 Å². The topological polar surface area (TPSA) is 67.1 Å². The van der Waals surface area contributed by atoms with Crippen molar-refractivity contribution in [3.05, 3.63) is 101 Å². The monoisotopic (exact) mass is 561 g/mol. The van der Waals surface area contributed by atoms with Gasteiger partial charge in [0, 0.05) is 35.1 Å². The van der Waals surface area contributed by atoms with Gasteiger partial charge in [-0.15, -0.1) is 0 Å². The average molecular weight is 562 g/mol. The van der Waals surface area contributed by atoms with E-state index in [1.807, 2.05) is 76.2 Å². The highest BCUT2D eigenvalue weighted by Gasteiger charge is 2.43. The third-order valence-electron chi connectivity index (χ3n) is 6.69. The van der Waals surface area contributed by atoms with Crippen molar-refractivity contribution in [1.29, 1.82) is 5.41 Å². The molecule has 41 heavy (non-hydrogen) atoms. The zero-order valence-corrected chi connectivity index (χ0v) is 25.6. The highest BCUT2D eigenvalue weighted by molar-refractivity contribution is 5.91. The second kappa shape index (κ2) is 16.2. The molecule has 0 spiro atoms. The molecule has 1 N–H and O–H groups in total. The summed E-state index contributed by atoms with van der Waals surface area (Å²) in [6.07, 6.45) is 4.26. The Morgan fingerprint density at radius 1 is 0.976 bits per heavy atom. The molecule has 7 heteroatoms. The second-order valence-electron chi connectivity index (χ2n) is 8.96. The van der Waals surface area contributed by atoms with Crippen LogP contribution in [0.15, 0.2) is 83.5 Å². The number of allylic oxidation sites excluding steroid dienone is 2. The molecule has 0 aliphatic carbocycles. The molecule has 1 aliphatic rings. The van der Waals surface area contributed by atoms with Crippen molar-refractivity contribution in [3.63, 3.8) is 0 Å². The molecule has 0 saturated heterocycles. The van der Waals surface area contributed by atoms with Gasteiger partial charge in [-0.05, 0) is 79.9 Å². The van der Waals surface area contributed by atoms with Gasteiger partial charge >= 0.3 is 0 Å². The number of benzene rings is 3. The Bertz CT molecular complexity index is 1320. The number of nitrogens with zero attached hydrogens (tertiary/aromatic N) is 2. The van der Waals surface area contributed by atoms with E-state index >= 15 is 0 Å². The maximum atomic E-state index is 14.6. The summed E-state index contributed by atoms with van der Waals surface area (Å²) >= 11 is 0. The average Bonchev–Trinajstić information content (AvgIpc) is 3.25. The fourth-order valence-corrected chi connectivity index (χ4v) is 4.85. The molecule has 4 rings (SSSR count). The summed E-state index contributed by atoms with van der Waals surface area (Å²) in [7, 11) is 3.12. The number of hydrogen-bond acceptors (Lipinski definition) is 6. The lowest BCUT2D eigenvalue weighted by Gasteiger charge is -2.30. The lowest BCUT2D eigenvalue weighted by Crippen LogP contribution is -2.30. The van der Waals surface area contributed by atoms with Gasteiger partial charge in [0.25, 0.3) is 0 Å². The van der Waals surface area contributed by atoms with Crippen LogP contribution in [0.3, 0.4) is 0 Å². The van der Waals surface area contributed by atoms with Crippen LogP contribution in [-0.4, -0.2) is 39.6 Å². The van der Waals surface area contributed by atoms with Gasteiger partial charge in [0.2, 0.25) is 5.90 Å². The molecular weight excluding hydrogens is 517 g/mol. The maximum Gasteiger partial charge on any atom is 0.215 e. The fraction of sp³-hybridized carbons (Fsp3) is 0.353. The Morgan fingerprint density at radius 2 is 1.68 bits per heavy atom. The number of fused-ring (bicyclic) bond motifs is 1. The predicted molar refractivity (Wildman–Crippen MR) is 169 cm³/mol. The molecule has 3 aromatic carbocycles. The Balaban J connectivity index is 0.00000141. The quantitative estimate of drug-likeness (QED) is 0.211. The van der Waals surface area contributed by atoms with Crippen LogP contribution in [0.5, 0.6) is 11.5 Å². The third kappa shape index (κ3) is 7.75. The maximum absolute atomic E-state index is 14.6. The summed E-state index contributed by atoms with van der Waals surface area (Å²) in [6, 6.07) is 20.4. The van der Waals surface area contributed by atoms with Crippen LogP contribution in [-0.2, 0) is 16.6 Å². The van der Waals surface area contributed by atoms with Crippen LogP contribution in [0, 0.1) is 11.2 Å². The summed E-state index contributed by atoms with van der Waals surface area (Å²) in [6.45, 7) is 13.0. The molecule has 1 atom stereocenters. The van der Waals surface area contributed by atoms with E-state index in [1.54, 1.807) is 19.4 Å². The number of halogens is 1. The van der Waals surface area contributed by atoms with E-state index < -0.39 is 5.41 Å². The molecular formula is C34H44FN3O3. The summed E-state index contributed by atoms with van der Waals surface area (Å²) < 4.78 is 30.7. The first kappa shape index (κ1) is 33.1. The van der Waals surface area contributed by atoms with Gasteiger partial charge < -0.3 is 19.1 Å². The molecule has 0 amide bonds. The Hall–Kier alpha value is -4.13. The zero-order valence-electron chi connectivity index (χ0n) is 25.6. The molecule has 1 unspecified atom stereocenters. The molecule has 1 heterocycles. The van der Waals surface area contributed by atoms with Crippen LogP contribution in [0.1, 0.15) is 58.2 Å². The third-order valence-corrected chi connectivity index (χ3v) is 6.69. The lowest BCUT2D eigenvalue weighted by atomic mass is 9.76. The van der Waals surface area contributed by atoms with Crippen LogP contribution < -0.4 is 14.4 Å². The zero-order chi connectivity index (χ0) is 30.4. The van der Waals surface area contributed by atoms with E-state index in [9.17, 15) is 4.39 Å².